The fourth-order valence-electron chi connectivity index (χ4n) is 1.93. The van der Waals surface area contributed by atoms with Gasteiger partial charge in [-0.05, 0) is 19.1 Å². The molecule has 0 amide bonds. The second-order valence-corrected chi connectivity index (χ2v) is 4.43. The molecule has 0 bridgehead atoms. The van der Waals surface area contributed by atoms with E-state index in [-0.39, 0.29) is 5.75 Å². The first-order valence-corrected chi connectivity index (χ1v) is 5.74. The van der Waals surface area contributed by atoms with E-state index in [4.69, 9.17) is 4.74 Å². The van der Waals surface area contributed by atoms with Crippen LogP contribution in [-0.4, -0.2) is 51.1 Å². The molecule has 6 heteroatoms. The van der Waals surface area contributed by atoms with E-state index in [9.17, 15) is 20.4 Å². The van der Waals surface area contributed by atoms with Crippen LogP contribution in [0.3, 0.4) is 0 Å². The SMILES string of the molecule is C[C@@H]1O[C@H](Nc2cccc(O)c2)[C@H](O)[C@@H](O)[C@@H]1O. The zero-order valence-electron chi connectivity index (χ0n) is 9.89. The highest BCUT2D eigenvalue weighted by atomic mass is 16.5. The molecular weight excluding hydrogens is 238 g/mol. The Labute approximate surface area is 104 Å². The van der Waals surface area contributed by atoms with Crippen LogP contribution in [0.4, 0.5) is 5.69 Å². The number of hydrogen-bond donors (Lipinski definition) is 5. The number of ether oxygens (including phenoxy) is 1. The van der Waals surface area contributed by atoms with Gasteiger partial charge in [-0.1, -0.05) is 6.07 Å². The molecule has 1 heterocycles. The first-order chi connectivity index (χ1) is 8.49. The lowest BCUT2D eigenvalue weighted by Gasteiger charge is -2.39. The number of nitrogens with one attached hydrogen (secondary N) is 1. The van der Waals surface area contributed by atoms with Crippen LogP contribution in [0, 0.1) is 0 Å². The van der Waals surface area contributed by atoms with E-state index < -0.39 is 30.6 Å². The summed E-state index contributed by atoms with van der Waals surface area (Å²) in [6, 6.07) is 6.32. The highest BCUT2D eigenvalue weighted by Crippen LogP contribution is 2.24. The van der Waals surface area contributed by atoms with Gasteiger partial charge in [-0.3, -0.25) is 0 Å². The van der Waals surface area contributed by atoms with Crippen LogP contribution in [0.2, 0.25) is 0 Å². The van der Waals surface area contributed by atoms with Crippen LogP contribution in [0.1, 0.15) is 6.92 Å². The topological polar surface area (TPSA) is 102 Å². The molecule has 100 valence electrons. The van der Waals surface area contributed by atoms with Gasteiger partial charge in [0.1, 0.15) is 24.1 Å². The molecule has 1 aliphatic heterocycles. The van der Waals surface area contributed by atoms with Crippen molar-refractivity contribution >= 4 is 5.69 Å². The second kappa shape index (κ2) is 5.11. The van der Waals surface area contributed by atoms with Gasteiger partial charge in [-0.2, -0.15) is 0 Å². The summed E-state index contributed by atoms with van der Waals surface area (Å²) < 4.78 is 5.37. The molecule has 5 N–H and O–H groups in total. The van der Waals surface area contributed by atoms with E-state index in [1.54, 1.807) is 19.1 Å². The lowest BCUT2D eigenvalue weighted by Crippen LogP contribution is -2.58. The summed E-state index contributed by atoms with van der Waals surface area (Å²) in [6.45, 7) is 1.61. The minimum atomic E-state index is -1.27. The summed E-state index contributed by atoms with van der Waals surface area (Å²) in [6.07, 6.45) is -5.09. The molecule has 1 aromatic carbocycles. The van der Waals surface area contributed by atoms with Gasteiger partial charge in [0.2, 0.25) is 0 Å². The summed E-state index contributed by atoms with van der Waals surface area (Å²) in [4.78, 5) is 0. The third kappa shape index (κ3) is 2.56. The van der Waals surface area contributed by atoms with Gasteiger partial charge in [0.05, 0.1) is 6.10 Å². The van der Waals surface area contributed by atoms with Crippen LogP contribution in [0.5, 0.6) is 5.75 Å². The monoisotopic (exact) mass is 255 g/mol. The predicted molar refractivity (Wildman–Crippen MR) is 64.1 cm³/mol. The molecule has 0 spiro atoms. The number of phenols is 1. The van der Waals surface area contributed by atoms with Crippen molar-refractivity contribution in [1.82, 2.24) is 0 Å². The van der Waals surface area contributed by atoms with Crippen molar-refractivity contribution in [2.75, 3.05) is 5.32 Å². The predicted octanol–water partition coefficient (Wildman–Crippen LogP) is -0.368. The number of aromatic hydroxyl groups is 1. The molecule has 0 unspecified atom stereocenters. The number of aliphatic hydroxyl groups is 3. The maximum Gasteiger partial charge on any atom is 0.157 e. The van der Waals surface area contributed by atoms with Gasteiger partial charge in [0.15, 0.2) is 6.23 Å². The Bertz CT molecular complexity index is 413. The summed E-state index contributed by atoms with van der Waals surface area (Å²) >= 11 is 0. The quantitative estimate of drug-likeness (QED) is 0.494. The molecule has 1 fully saturated rings. The summed E-state index contributed by atoms with van der Waals surface area (Å²) in [5.74, 6) is 0.0823. The molecule has 6 nitrogen and oxygen atoms in total. The molecule has 1 aromatic rings. The van der Waals surface area contributed by atoms with Gasteiger partial charge in [-0.15, -0.1) is 0 Å². The highest BCUT2D eigenvalue weighted by Gasteiger charge is 2.41. The van der Waals surface area contributed by atoms with Crippen molar-refractivity contribution in [1.29, 1.82) is 0 Å². The number of anilines is 1. The van der Waals surface area contributed by atoms with Crippen LogP contribution >= 0.6 is 0 Å². The molecule has 2 rings (SSSR count). The number of phenolic OH excluding ortho intramolecular Hbond substituents is 1. The lowest BCUT2D eigenvalue weighted by atomic mass is 9.99. The lowest BCUT2D eigenvalue weighted by molar-refractivity contribution is -0.209. The van der Waals surface area contributed by atoms with E-state index >= 15 is 0 Å². The number of aliphatic hydroxyl groups excluding tert-OH is 3. The first kappa shape index (κ1) is 13.1. The summed E-state index contributed by atoms with van der Waals surface area (Å²) in [5, 5.41) is 41.2. The van der Waals surface area contributed by atoms with Crippen molar-refractivity contribution in [3.63, 3.8) is 0 Å². The standard InChI is InChI=1S/C12H17NO5/c1-6-9(15)10(16)11(17)12(18-6)13-7-3-2-4-8(14)5-7/h2-6,9-17H,1H3/t6-,9+,10-,11+,12-/m0/s1. The fraction of sp³-hybridized carbons (Fsp3) is 0.500. The van der Waals surface area contributed by atoms with E-state index in [1.165, 1.54) is 12.1 Å². The van der Waals surface area contributed by atoms with E-state index in [0.717, 1.165) is 0 Å². The number of benzene rings is 1. The van der Waals surface area contributed by atoms with Gasteiger partial charge < -0.3 is 30.5 Å². The summed E-state index contributed by atoms with van der Waals surface area (Å²) in [5.41, 5.74) is 0.551. The van der Waals surface area contributed by atoms with Crippen molar-refractivity contribution in [3.05, 3.63) is 24.3 Å². The fourth-order valence-corrected chi connectivity index (χ4v) is 1.93. The Balaban J connectivity index is 2.09. The van der Waals surface area contributed by atoms with Gasteiger partial charge in [0, 0.05) is 11.8 Å². The van der Waals surface area contributed by atoms with E-state index in [2.05, 4.69) is 5.32 Å². The average molecular weight is 255 g/mol. The highest BCUT2D eigenvalue weighted by molar-refractivity contribution is 5.48. The van der Waals surface area contributed by atoms with Crippen molar-refractivity contribution in [3.8, 4) is 5.75 Å². The Morgan fingerprint density at radius 3 is 2.50 bits per heavy atom. The van der Waals surface area contributed by atoms with Gasteiger partial charge in [0.25, 0.3) is 0 Å². The smallest absolute Gasteiger partial charge is 0.157 e. The zero-order chi connectivity index (χ0) is 13.3. The summed E-state index contributed by atoms with van der Waals surface area (Å²) in [7, 11) is 0. The maximum absolute atomic E-state index is 9.80. The van der Waals surface area contributed by atoms with Crippen molar-refractivity contribution < 1.29 is 25.2 Å². The first-order valence-electron chi connectivity index (χ1n) is 5.74. The van der Waals surface area contributed by atoms with Crippen molar-refractivity contribution in [2.45, 2.75) is 37.6 Å². The molecule has 0 aromatic heterocycles. The number of rotatable bonds is 2. The second-order valence-electron chi connectivity index (χ2n) is 4.43. The van der Waals surface area contributed by atoms with Crippen molar-refractivity contribution in [2.24, 2.45) is 0 Å². The Hall–Kier alpha value is -1.34. The zero-order valence-corrected chi connectivity index (χ0v) is 9.89. The van der Waals surface area contributed by atoms with E-state index in [0.29, 0.717) is 5.69 Å². The molecule has 1 aliphatic rings. The molecule has 0 aliphatic carbocycles. The average Bonchev–Trinajstić information content (AvgIpc) is 2.33. The van der Waals surface area contributed by atoms with Gasteiger partial charge >= 0.3 is 0 Å². The van der Waals surface area contributed by atoms with Crippen LogP contribution < -0.4 is 5.32 Å². The van der Waals surface area contributed by atoms with E-state index in [1.807, 2.05) is 0 Å². The maximum atomic E-state index is 9.80. The van der Waals surface area contributed by atoms with Crippen LogP contribution in [0.15, 0.2) is 24.3 Å². The normalized spacial score (nSPS) is 36.3. The third-order valence-corrected chi connectivity index (χ3v) is 3.01. The molecule has 18 heavy (non-hydrogen) atoms. The van der Waals surface area contributed by atoms with Crippen LogP contribution in [-0.2, 0) is 4.74 Å². The minimum absolute atomic E-state index is 0.0823. The molecule has 5 atom stereocenters. The Morgan fingerprint density at radius 2 is 1.83 bits per heavy atom. The molecular formula is C12H17NO5. The molecule has 0 radical (unpaired) electrons. The Morgan fingerprint density at radius 1 is 1.11 bits per heavy atom. The number of hydrogen-bond acceptors (Lipinski definition) is 6. The minimum Gasteiger partial charge on any atom is -0.508 e. The van der Waals surface area contributed by atoms with Gasteiger partial charge in [-0.25, -0.2) is 0 Å². The van der Waals surface area contributed by atoms with Crippen LogP contribution in [0.25, 0.3) is 0 Å². The Kier molecular flexibility index (Phi) is 3.72. The molecule has 0 saturated carbocycles. The molecule has 1 saturated heterocycles. The largest absolute Gasteiger partial charge is 0.508 e. The third-order valence-electron chi connectivity index (χ3n) is 3.01.